The highest BCUT2D eigenvalue weighted by atomic mass is 35.5. The van der Waals surface area contributed by atoms with E-state index in [1.807, 2.05) is 0 Å². The fourth-order valence-electron chi connectivity index (χ4n) is 2.60. The van der Waals surface area contributed by atoms with Crippen molar-refractivity contribution in [2.24, 2.45) is 0 Å². The second kappa shape index (κ2) is 8.82. The molecule has 29 heavy (non-hydrogen) atoms. The number of nitrogens with zero attached hydrogens (tertiary/aromatic N) is 1. The van der Waals surface area contributed by atoms with E-state index in [2.05, 4.69) is 5.32 Å². The van der Waals surface area contributed by atoms with Crippen LogP contribution in [0, 0.1) is 5.82 Å². The summed E-state index contributed by atoms with van der Waals surface area (Å²) in [6.07, 6.45) is 0. The van der Waals surface area contributed by atoms with E-state index >= 15 is 0 Å². The molecule has 1 N–H and O–H groups in total. The summed E-state index contributed by atoms with van der Waals surface area (Å²) in [4.78, 5) is 12.5. The summed E-state index contributed by atoms with van der Waals surface area (Å²) in [6.45, 7) is -0.609. The topological polar surface area (TPSA) is 66.5 Å². The van der Waals surface area contributed by atoms with E-state index in [1.54, 1.807) is 24.3 Å². The van der Waals surface area contributed by atoms with Gasteiger partial charge in [0.05, 0.1) is 16.3 Å². The zero-order chi connectivity index (χ0) is 21.0. The Labute approximate surface area is 177 Å². The Hall–Kier alpha value is -2.61. The summed E-state index contributed by atoms with van der Waals surface area (Å²) in [5, 5.41) is 2.79. The van der Waals surface area contributed by atoms with Gasteiger partial charge in [0.2, 0.25) is 5.91 Å². The van der Waals surface area contributed by atoms with E-state index < -0.39 is 28.3 Å². The molecule has 0 aromatic heterocycles. The summed E-state index contributed by atoms with van der Waals surface area (Å²) in [5.74, 6) is -1.37. The van der Waals surface area contributed by atoms with Gasteiger partial charge in [0.15, 0.2) is 0 Å². The van der Waals surface area contributed by atoms with E-state index in [9.17, 15) is 17.6 Å². The lowest BCUT2D eigenvalue weighted by Crippen LogP contribution is -2.38. The maximum absolute atomic E-state index is 13.8. The van der Waals surface area contributed by atoms with Crippen molar-refractivity contribution in [2.75, 3.05) is 16.2 Å². The van der Waals surface area contributed by atoms with Gasteiger partial charge < -0.3 is 5.32 Å². The number of carbonyl (C=O) groups is 1. The fraction of sp³-hybridized carbons (Fsp3) is 0.0500. The minimum absolute atomic E-state index is 0.0187. The maximum atomic E-state index is 13.8. The van der Waals surface area contributed by atoms with Gasteiger partial charge in [-0.25, -0.2) is 12.8 Å². The van der Waals surface area contributed by atoms with Crippen LogP contribution in [0.5, 0.6) is 0 Å². The summed E-state index contributed by atoms with van der Waals surface area (Å²) >= 11 is 12.0. The number of amides is 1. The molecule has 0 heterocycles. The molecule has 0 aliphatic rings. The molecule has 0 atom stereocenters. The second-order valence-electron chi connectivity index (χ2n) is 5.98. The van der Waals surface area contributed by atoms with E-state index in [0.29, 0.717) is 0 Å². The molecule has 0 aliphatic carbocycles. The molecule has 0 saturated heterocycles. The van der Waals surface area contributed by atoms with Crippen molar-refractivity contribution in [3.8, 4) is 0 Å². The number of anilines is 2. The number of hydrogen-bond donors (Lipinski definition) is 1. The van der Waals surface area contributed by atoms with E-state index in [0.717, 1.165) is 4.31 Å². The normalized spacial score (nSPS) is 11.1. The van der Waals surface area contributed by atoms with Gasteiger partial charge in [-0.1, -0.05) is 53.5 Å². The molecule has 1 amide bonds. The number of carbonyl (C=O) groups excluding carboxylic acids is 1. The molecule has 3 aromatic carbocycles. The molecule has 0 aliphatic heterocycles. The van der Waals surface area contributed by atoms with Gasteiger partial charge >= 0.3 is 0 Å². The van der Waals surface area contributed by atoms with Crippen LogP contribution < -0.4 is 9.62 Å². The minimum atomic E-state index is -4.12. The van der Waals surface area contributed by atoms with E-state index in [-0.39, 0.29) is 26.3 Å². The number of sulfonamides is 1. The molecule has 9 heteroatoms. The molecule has 0 bridgehead atoms. The van der Waals surface area contributed by atoms with Crippen LogP contribution in [0.2, 0.25) is 10.0 Å². The van der Waals surface area contributed by atoms with Crippen molar-refractivity contribution in [2.45, 2.75) is 4.90 Å². The van der Waals surface area contributed by atoms with Crippen LogP contribution in [-0.4, -0.2) is 20.9 Å². The Morgan fingerprint density at radius 3 is 2.14 bits per heavy atom. The van der Waals surface area contributed by atoms with E-state index in [1.165, 1.54) is 48.5 Å². The zero-order valence-electron chi connectivity index (χ0n) is 14.8. The van der Waals surface area contributed by atoms with Gasteiger partial charge in [-0.15, -0.1) is 0 Å². The summed E-state index contributed by atoms with van der Waals surface area (Å²) < 4.78 is 41.1. The largest absolute Gasteiger partial charge is 0.322 e. The molecule has 0 spiro atoms. The van der Waals surface area contributed by atoms with Gasteiger partial charge in [-0.2, -0.15) is 0 Å². The predicted octanol–water partition coefficient (Wildman–Crippen LogP) is 4.97. The molecule has 5 nitrogen and oxygen atoms in total. The Balaban J connectivity index is 1.99. The molecular formula is C20H15Cl2FN2O3S. The fourth-order valence-corrected chi connectivity index (χ4v) is 4.54. The van der Waals surface area contributed by atoms with Crippen LogP contribution in [0.1, 0.15) is 0 Å². The van der Waals surface area contributed by atoms with Crippen LogP contribution in [0.3, 0.4) is 0 Å². The summed E-state index contributed by atoms with van der Waals surface area (Å²) in [7, 11) is -4.12. The molecule has 3 aromatic rings. The number of nitrogens with one attached hydrogen (secondary N) is 1. The van der Waals surface area contributed by atoms with Crippen molar-refractivity contribution in [1.29, 1.82) is 0 Å². The van der Waals surface area contributed by atoms with Crippen molar-refractivity contribution in [1.82, 2.24) is 0 Å². The first-order chi connectivity index (χ1) is 13.8. The first-order valence-corrected chi connectivity index (χ1v) is 10.6. The smallest absolute Gasteiger partial charge is 0.264 e. The molecule has 150 valence electrons. The lowest BCUT2D eigenvalue weighted by atomic mass is 10.3. The van der Waals surface area contributed by atoms with Gasteiger partial charge in [0.1, 0.15) is 12.4 Å². The third-order valence-corrected chi connectivity index (χ3v) is 6.13. The van der Waals surface area contributed by atoms with Crippen LogP contribution in [-0.2, 0) is 14.8 Å². The molecule has 0 unspecified atom stereocenters. The summed E-state index contributed by atoms with van der Waals surface area (Å²) in [5.41, 5.74) is 0.0497. The predicted molar refractivity (Wildman–Crippen MR) is 112 cm³/mol. The van der Waals surface area contributed by atoms with Gasteiger partial charge in [-0.3, -0.25) is 9.10 Å². The third kappa shape index (κ3) is 5.06. The number of para-hydroxylation sites is 1. The average Bonchev–Trinajstić information content (AvgIpc) is 2.68. The lowest BCUT2D eigenvalue weighted by Gasteiger charge is -2.24. The molecular weight excluding hydrogens is 438 g/mol. The summed E-state index contributed by atoms with van der Waals surface area (Å²) in [6, 6.07) is 17.4. The highest BCUT2D eigenvalue weighted by Crippen LogP contribution is 2.29. The SMILES string of the molecule is O=C(CN(c1cc(Cl)cc(Cl)c1)S(=O)(=O)c1ccccc1)Nc1ccccc1F. The monoisotopic (exact) mass is 452 g/mol. The van der Waals surface area contributed by atoms with Crippen molar-refractivity contribution < 1.29 is 17.6 Å². The molecule has 0 fully saturated rings. The lowest BCUT2D eigenvalue weighted by molar-refractivity contribution is -0.114. The number of benzene rings is 3. The van der Waals surface area contributed by atoms with Crippen LogP contribution >= 0.6 is 23.2 Å². The minimum Gasteiger partial charge on any atom is -0.322 e. The number of rotatable bonds is 6. The van der Waals surface area contributed by atoms with Crippen LogP contribution in [0.25, 0.3) is 0 Å². The van der Waals surface area contributed by atoms with Crippen LogP contribution in [0.4, 0.5) is 15.8 Å². The molecule has 0 radical (unpaired) electrons. The van der Waals surface area contributed by atoms with Crippen molar-refractivity contribution in [3.63, 3.8) is 0 Å². The standard InChI is InChI=1S/C20H15Cl2FN2O3S/c21-14-10-15(22)12-16(11-14)25(29(27,28)17-6-2-1-3-7-17)13-20(26)24-19-9-5-4-8-18(19)23/h1-12H,13H2,(H,24,26). The second-order valence-corrected chi connectivity index (χ2v) is 8.72. The third-order valence-electron chi connectivity index (χ3n) is 3.90. The number of hydrogen-bond acceptors (Lipinski definition) is 3. The quantitative estimate of drug-likeness (QED) is 0.574. The Bertz CT molecular complexity index is 1120. The van der Waals surface area contributed by atoms with Crippen LogP contribution in [0.15, 0.2) is 77.7 Å². The van der Waals surface area contributed by atoms with Crippen molar-refractivity contribution in [3.05, 3.63) is 88.7 Å². The first-order valence-electron chi connectivity index (χ1n) is 8.35. The first kappa shape index (κ1) is 21.1. The zero-order valence-corrected chi connectivity index (χ0v) is 17.2. The molecule has 3 rings (SSSR count). The van der Waals surface area contributed by atoms with Gasteiger partial charge in [-0.05, 0) is 42.5 Å². The van der Waals surface area contributed by atoms with Crippen molar-refractivity contribution >= 4 is 50.5 Å². The maximum Gasteiger partial charge on any atom is 0.264 e. The number of halogens is 3. The van der Waals surface area contributed by atoms with Gasteiger partial charge in [0.25, 0.3) is 10.0 Å². The molecule has 0 saturated carbocycles. The Kier molecular flexibility index (Phi) is 6.42. The highest BCUT2D eigenvalue weighted by Gasteiger charge is 2.28. The van der Waals surface area contributed by atoms with Gasteiger partial charge in [0, 0.05) is 10.0 Å². The average molecular weight is 453 g/mol. The Morgan fingerprint density at radius 2 is 1.52 bits per heavy atom. The van der Waals surface area contributed by atoms with E-state index in [4.69, 9.17) is 23.2 Å². The Morgan fingerprint density at radius 1 is 0.931 bits per heavy atom. The highest BCUT2D eigenvalue weighted by molar-refractivity contribution is 7.92.